The fourth-order valence-corrected chi connectivity index (χ4v) is 4.35. The third kappa shape index (κ3) is 4.20. The van der Waals surface area contributed by atoms with Gasteiger partial charge in [0, 0.05) is 43.1 Å². The lowest BCUT2D eigenvalue weighted by atomic mass is 10.0. The lowest BCUT2D eigenvalue weighted by Crippen LogP contribution is -2.44. The first-order valence-corrected chi connectivity index (χ1v) is 10.1. The third-order valence-electron chi connectivity index (χ3n) is 5.25. The Morgan fingerprint density at radius 1 is 1.41 bits per heavy atom. The molecule has 0 aliphatic carbocycles. The first-order chi connectivity index (χ1) is 12.9. The standard InChI is InChI=1S/C20H26N4O2S/c1-4-14-5-6-15(22-9-14)10-24-8-7-16-17(12-27-18(16)11-24)20(26)23(3)13(2)19(21)25/h5-6,9,12-13H,4,7-8,10-11H2,1-3H3,(H2,21,25)/t13-/m0/s1. The third-order valence-corrected chi connectivity index (χ3v) is 6.26. The van der Waals surface area contributed by atoms with Gasteiger partial charge in [0.05, 0.1) is 11.3 Å². The van der Waals surface area contributed by atoms with E-state index in [9.17, 15) is 9.59 Å². The number of pyridine rings is 1. The molecule has 3 heterocycles. The predicted octanol–water partition coefficient (Wildman–Crippen LogP) is 2.21. The average Bonchev–Trinajstić information content (AvgIpc) is 3.10. The van der Waals surface area contributed by atoms with Crippen molar-refractivity contribution in [3.8, 4) is 0 Å². The number of aryl methyl sites for hydroxylation is 1. The molecular weight excluding hydrogens is 360 g/mol. The van der Waals surface area contributed by atoms with Crippen molar-refractivity contribution in [2.75, 3.05) is 13.6 Å². The lowest BCUT2D eigenvalue weighted by Gasteiger charge is -2.28. The highest BCUT2D eigenvalue weighted by Gasteiger charge is 2.28. The predicted molar refractivity (Wildman–Crippen MR) is 107 cm³/mol. The van der Waals surface area contributed by atoms with Gasteiger partial charge in [0.1, 0.15) is 6.04 Å². The molecule has 0 aromatic carbocycles. The summed E-state index contributed by atoms with van der Waals surface area (Å²) in [5, 5.41) is 1.91. The molecule has 2 aromatic heterocycles. The van der Waals surface area contributed by atoms with Crippen LogP contribution in [0.3, 0.4) is 0 Å². The molecule has 1 atom stereocenters. The summed E-state index contributed by atoms with van der Waals surface area (Å²) in [6.07, 6.45) is 3.77. The molecule has 2 aromatic rings. The molecule has 7 heteroatoms. The van der Waals surface area contributed by atoms with Gasteiger partial charge >= 0.3 is 0 Å². The smallest absolute Gasteiger partial charge is 0.255 e. The Hall–Kier alpha value is -2.25. The van der Waals surface area contributed by atoms with Gasteiger partial charge in [0.15, 0.2) is 0 Å². The van der Waals surface area contributed by atoms with Crippen molar-refractivity contribution in [1.29, 1.82) is 0 Å². The highest BCUT2D eigenvalue weighted by molar-refractivity contribution is 7.10. The van der Waals surface area contributed by atoms with Crippen LogP contribution in [0.25, 0.3) is 0 Å². The summed E-state index contributed by atoms with van der Waals surface area (Å²) in [4.78, 5) is 33.7. The Kier molecular flexibility index (Phi) is 5.92. The van der Waals surface area contributed by atoms with E-state index in [1.54, 1.807) is 25.3 Å². The summed E-state index contributed by atoms with van der Waals surface area (Å²) in [5.74, 6) is -0.633. The van der Waals surface area contributed by atoms with Crippen molar-refractivity contribution < 1.29 is 9.59 Å². The van der Waals surface area contributed by atoms with Crippen LogP contribution >= 0.6 is 11.3 Å². The van der Waals surface area contributed by atoms with Crippen LogP contribution in [0.15, 0.2) is 23.7 Å². The maximum Gasteiger partial charge on any atom is 0.255 e. The zero-order valence-electron chi connectivity index (χ0n) is 16.1. The number of aromatic nitrogens is 1. The maximum absolute atomic E-state index is 12.8. The fourth-order valence-electron chi connectivity index (χ4n) is 3.24. The minimum Gasteiger partial charge on any atom is -0.368 e. The van der Waals surface area contributed by atoms with Crippen molar-refractivity contribution in [3.05, 3.63) is 51.0 Å². The second-order valence-electron chi connectivity index (χ2n) is 7.02. The van der Waals surface area contributed by atoms with Gasteiger partial charge in [-0.2, -0.15) is 0 Å². The highest BCUT2D eigenvalue weighted by Crippen LogP contribution is 2.30. The molecule has 0 spiro atoms. The number of carbonyl (C=O) groups is 2. The topological polar surface area (TPSA) is 79.5 Å². The van der Waals surface area contributed by atoms with Crippen LogP contribution in [0.4, 0.5) is 0 Å². The van der Waals surface area contributed by atoms with Crippen LogP contribution in [0.1, 0.15) is 45.9 Å². The fraction of sp³-hybridized carbons (Fsp3) is 0.450. The van der Waals surface area contributed by atoms with Gasteiger partial charge < -0.3 is 10.6 Å². The van der Waals surface area contributed by atoms with E-state index in [0.717, 1.165) is 43.7 Å². The molecule has 1 aliphatic rings. The molecule has 0 bridgehead atoms. The number of primary amides is 1. The Labute approximate surface area is 164 Å². The summed E-state index contributed by atoms with van der Waals surface area (Å²) >= 11 is 1.61. The van der Waals surface area contributed by atoms with Crippen molar-refractivity contribution in [2.24, 2.45) is 5.73 Å². The largest absolute Gasteiger partial charge is 0.368 e. The first-order valence-electron chi connectivity index (χ1n) is 9.22. The number of hydrogen-bond acceptors (Lipinski definition) is 5. The molecule has 144 valence electrons. The number of nitrogens with two attached hydrogens (primary N) is 1. The Morgan fingerprint density at radius 2 is 2.19 bits per heavy atom. The van der Waals surface area contributed by atoms with E-state index < -0.39 is 11.9 Å². The SMILES string of the molecule is CCc1ccc(CN2CCc3c(C(=O)N(C)[C@@H](C)C(N)=O)csc3C2)nc1. The van der Waals surface area contributed by atoms with Gasteiger partial charge in [0.2, 0.25) is 5.91 Å². The summed E-state index contributed by atoms with van der Waals surface area (Å²) in [6, 6.07) is 3.61. The molecule has 0 unspecified atom stereocenters. The van der Waals surface area contributed by atoms with Gasteiger partial charge in [-0.1, -0.05) is 13.0 Å². The molecule has 6 nitrogen and oxygen atoms in total. The van der Waals surface area contributed by atoms with Crippen molar-refractivity contribution in [1.82, 2.24) is 14.8 Å². The van der Waals surface area contributed by atoms with E-state index in [0.29, 0.717) is 5.56 Å². The molecule has 2 N–H and O–H groups in total. The number of fused-ring (bicyclic) bond motifs is 1. The Balaban J connectivity index is 1.69. The first kappa shape index (κ1) is 19.5. The number of nitrogens with zero attached hydrogens (tertiary/aromatic N) is 3. The van der Waals surface area contributed by atoms with E-state index in [1.807, 2.05) is 11.6 Å². The minimum absolute atomic E-state index is 0.135. The number of rotatable bonds is 6. The number of amides is 2. The van der Waals surface area contributed by atoms with Gasteiger partial charge in [-0.15, -0.1) is 11.3 Å². The van der Waals surface area contributed by atoms with Gasteiger partial charge in [0.25, 0.3) is 5.91 Å². The lowest BCUT2D eigenvalue weighted by molar-refractivity contribution is -0.121. The zero-order chi connectivity index (χ0) is 19.6. The molecule has 0 radical (unpaired) electrons. The van der Waals surface area contributed by atoms with Gasteiger partial charge in [-0.25, -0.2) is 0 Å². The molecular formula is C20H26N4O2S. The van der Waals surface area contributed by atoms with Gasteiger partial charge in [-0.05, 0) is 37.0 Å². The summed E-state index contributed by atoms with van der Waals surface area (Å²) in [7, 11) is 1.63. The number of hydrogen-bond donors (Lipinski definition) is 1. The van der Waals surface area contributed by atoms with Crippen molar-refractivity contribution >= 4 is 23.2 Å². The van der Waals surface area contributed by atoms with Crippen LogP contribution in [0, 0.1) is 0 Å². The summed E-state index contributed by atoms with van der Waals surface area (Å²) < 4.78 is 0. The van der Waals surface area contributed by atoms with Crippen molar-refractivity contribution in [2.45, 2.75) is 45.8 Å². The average molecular weight is 387 g/mol. The van der Waals surface area contributed by atoms with Crippen LogP contribution in [0.2, 0.25) is 0 Å². The van der Waals surface area contributed by atoms with Crippen LogP contribution in [-0.2, 0) is 30.7 Å². The number of carbonyl (C=O) groups excluding carboxylic acids is 2. The Bertz CT molecular complexity index is 831. The number of likely N-dealkylation sites (N-methyl/N-ethyl adjacent to an activating group) is 1. The maximum atomic E-state index is 12.8. The molecule has 0 saturated carbocycles. The van der Waals surface area contributed by atoms with E-state index in [-0.39, 0.29) is 5.91 Å². The Morgan fingerprint density at radius 3 is 2.81 bits per heavy atom. The minimum atomic E-state index is -0.620. The molecule has 0 saturated heterocycles. The van der Waals surface area contributed by atoms with E-state index >= 15 is 0 Å². The second kappa shape index (κ2) is 8.19. The van der Waals surface area contributed by atoms with Crippen molar-refractivity contribution in [3.63, 3.8) is 0 Å². The molecule has 2 amide bonds. The van der Waals surface area contributed by atoms with E-state index in [2.05, 4.69) is 28.9 Å². The molecule has 1 aliphatic heterocycles. The monoisotopic (exact) mass is 386 g/mol. The van der Waals surface area contributed by atoms with Crippen LogP contribution < -0.4 is 5.73 Å². The normalized spacial score (nSPS) is 15.2. The zero-order valence-corrected chi connectivity index (χ0v) is 16.9. The quantitative estimate of drug-likeness (QED) is 0.825. The van der Waals surface area contributed by atoms with Gasteiger partial charge in [-0.3, -0.25) is 19.5 Å². The molecule has 3 rings (SSSR count). The highest BCUT2D eigenvalue weighted by atomic mass is 32.1. The molecule has 27 heavy (non-hydrogen) atoms. The van der Waals surface area contributed by atoms with E-state index in [1.165, 1.54) is 15.3 Å². The van der Waals surface area contributed by atoms with Crippen LogP contribution in [-0.4, -0.2) is 46.2 Å². The second-order valence-corrected chi connectivity index (χ2v) is 7.98. The van der Waals surface area contributed by atoms with E-state index in [4.69, 9.17) is 5.73 Å². The molecule has 0 fully saturated rings. The van der Waals surface area contributed by atoms with Crippen LogP contribution in [0.5, 0.6) is 0 Å². The number of thiophene rings is 1. The summed E-state index contributed by atoms with van der Waals surface area (Å²) in [6.45, 7) is 6.29. The summed E-state index contributed by atoms with van der Waals surface area (Å²) in [5.41, 5.74) is 9.46.